The molecule has 0 saturated carbocycles. The minimum absolute atomic E-state index is 0.0191. The van der Waals surface area contributed by atoms with Crippen molar-refractivity contribution < 1.29 is 12.9 Å². The first-order chi connectivity index (χ1) is 8.98. The van der Waals surface area contributed by atoms with Crippen LogP contribution in [0.1, 0.15) is 12.7 Å². The summed E-state index contributed by atoms with van der Waals surface area (Å²) >= 11 is 0. The van der Waals surface area contributed by atoms with Gasteiger partial charge in [0.2, 0.25) is 10.0 Å². The third-order valence-electron chi connectivity index (χ3n) is 2.30. The molecule has 0 aromatic carbocycles. The molecule has 0 aliphatic carbocycles. The molecule has 8 heteroatoms. The van der Waals surface area contributed by atoms with E-state index in [9.17, 15) is 8.42 Å². The van der Waals surface area contributed by atoms with E-state index in [2.05, 4.69) is 20.2 Å². The molecule has 2 N–H and O–H groups in total. The largest absolute Gasteiger partial charge is 0.360 e. The second kappa shape index (κ2) is 5.27. The zero-order chi connectivity index (χ0) is 13.9. The van der Waals surface area contributed by atoms with Gasteiger partial charge in [-0.25, -0.2) is 13.4 Å². The lowest BCUT2D eigenvalue weighted by Gasteiger charge is -2.06. The number of aromatic nitrogens is 2. The van der Waals surface area contributed by atoms with Gasteiger partial charge < -0.3 is 9.84 Å². The summed E-state index contributed by atoms with van der Waals surface area (Å²) in [5.74, 6) is 1.81. The Morgan fingerprint density at radius 3 is 2.63 bits per heavy atom. The number of nitrogens with zero attached hydrogens (tertiary/aromatic N) is 2. The topological polar surface area (TPSA) is 97.1 Å². The standard InChI is InChI=1S/C11H14N4O3S/c1-3-19(16,17)15-9-4-5-10(12-7-9)13-11-6-8(2)18-14-11/h4-7,15H,3H2,1-2H3,(H,12,13,14). The maximum atomic E-state index is 11.4. The predicted molar refractivity (Wildman–Crippen MR) is 71.8 cm³/mol. The van der Waals surface area contributed by atoms with Crippen molar-refractivity contribution in [2.45, 2.75) is 13.8 Å². The van der Waals surface area contributed by atoms with Crippen LogP contribution in [0.2, 0.25) is 0 Å². The van der Waals surface area contributed by atoms with Gasteiger partial charge in [-0.2, -0.15) is 0 Å². The molecule has 2 aromatic rings. The van der Waals surface area contributed by atoms with E-state index in [1.165, 1.54) is 6.20 Å². The molecular formula is C11H14N4O3S. The van der Waals surface area contributed by atoms with Crippen LogP contribution in [-0.4, -0.2) is 24.3 Å². The molecule has 0 aliphatic rings. The number of sulfonamides is 1. The van der Waals surface area contributed by atoms with Crippen molar-refractivity contribution in [3.8, 4) is 0 Å². The molecule has 0 unspecified atom stereocenters. The van der Waals surface area contributed by atoms with Crippen LogP contribution in [-0.2, 0) is 10.0 Å². The van der Waals surface area contributed by atoms with Crippen molar-refractivity contribution in [3.05, 3.63) is 30.2 Å². The molecule has 2 heterocycles. The van der Waals surface area contributed by atoms with Crippen molar-refractivity contribution >= 4 is 27.3 Å². The van der Waals surface area contributed by atoms with E-state index < -0.39 is 10.0 Å². The summed E-state index contributed by atoms with van der Waals surface area (Å²) in [6, 6.07) is 5.00. The molecule has 0 radical (unpaired) electrons. The van der Waals surface area contributed by atoms with Crippen molar-refractivity contribution in [3.63, 3.8) is 0 Å². The van der Waals surface area contributed by atoms with E-state index in [1.807, 2.05) is 0 Å². The lowest BCUT2D eigenvalue weighted by Crippen LogP contribution is -2.14. The Kier molecular flexibility index (Phi) is 3.70. The van der Waals surface area contributed by atoms with Crippen LogP contribution >= 0.6 is 0 Å². The maximum absolute atomic E-state index is 11.4. The first-order valence-corrected chi connectivity index (χ1v) is 7.30. The highest BCUT2D eigenvalue weighted by Crippen LogP contribution is 2.16. The smallest absolute Gasteiger partial charge is 0.232 e. The Bertz CT molecular complexity index is 649. The van der Waals surface area contributed by atoms with Gasteiger partial charge in [0.1, 0.15) is 11.6 Å². The van der Waals surface area contributed by atoms with Gasteiger partial charge in [0.25, 0.3) is 0 Å². The summed E-state index contributed by atoms with van der Waals surface area (Å²) in [7, 11) is -3.28. The molecule has 19 heavy (non-hydrogen) atoms. The van der Waals surface area contributed by atoms with Crippen LogP contribution in [0.5, 0.6) is 0 Å². The second-order valence-corrected chi connectivity index (χ2v) is 5.90. The summed E-state index contributed by atoms with van der Waals surface area (Å²) in [4.78, 5) is 4.08. The third-order valence-corrected chi connectivity index (χ3v) is 3.61. The second-order valence-electron chi connectivity index (χ2n) is 3.89. The van der Waals surface area contributed by atoms with Gasteiger partial charge in [-0.3, -0.25) is 4.72 Å². The van der Waals surface area contributed by atoms with Gasteiger partial charge >= 0.3 is 0 Å². The Morgan fingerprint density at radius 2 is 2.11 bits per heavy atom. The minimum atomic E-state index is -3.28. The summed E-state index contributed by atoms with van der Waals surface area (Å²) in [5, 5.41) is 6.70. The summed E-state index contributed by atoms with van der Waals surface area (Å²) < 4.78 is 30.1. The number of pyridine rings is 1. The molecule has 0 saturated heterocycles. The SMILES string of the molecule is CCS(=O)(=O)Nc1ccc(Nc2cc(C)on2)nc1. The average Bonchev–Trinajstić information content (AvgIpc) is 2.77. The van der Waals surface area contributed by atoms with Gasteiger partial charge in [0.05, 0.1) is 17.6 Å². The fourth-order valence-electron chi connectivity index (χ4n) is 1.34. The van der Waals surface area contributed by atoms with Crippen LogP contribution in [0.25, 0.3) is 0 Å². The van der Waals surface area contributed by atoms with Crippen molar-refractivity contribution in [1.29, 1.82) is 0 Å². The molecule has 0 atom stereocenters. The van der Waals surface area contributed by atoms with E-state index in [-0.39, 0.29) is 5.75 Å². The van der Waals surface area contributed by atoms with E-state index in [0.717, 1.165) is 0 Å². The number of aryl methyl sites for hydroxylation is 1. The van der Waals surface area contributed by atoms with Gasteiger partial charge in [-0.1, -0.05) is 5.16 Å². The Morgan fingerprint density at radius 1 is 1.32 bits per heavy atom. The van der Waals surface area contributed by atoms with E-state index >= 15 is 0 Å². The van der Waals surface area contributed by atoms with E-state index in [1.54, 1.807) is 32.0 Å². The lowest BCUT2D eigenvalue weighted by molar-refractivity contribution is 0.400. The minimum Gasteiger partial charge on any atom is -0.360 e. The molecule has 7 nitrogen and oxygen atoms in total. The lowest BCUT2D eigenvalue weighted by atomic mass is 10.4. The van der Waals surface area contributed by atoms with Gasteiger partial charge in [-0.15, -0.1) is 0 Å². The Labute approximate surface area is 111 Å². The zero-order valence-corrected chi connectivity index (χ0v) is 11.4. The highest BCUT2D eigenvalue weighted by molar-refractivity contribution is 7.92. The quantitative estimate of drug-likeness (QED) is 0.869. The molecule has 0 aliphatic heterocycles. The van der Waals surface area contributed by atoms with Crippen molar-refractivity contribution in [2.24, 2.45) is 0 Å². The Balaban J connectivity index is 2.06. The third kappa shape index (κ3) is 3.68. The number of hydrogen-bond donors (Lipinski definition) is 2. The molecule has 0 amide bonds. The average molecular weight is 282 g/mol. The van der Waals surface area contributed by atoms with Crippen LogP contribution in [0.3, 0.4) is 0 Å². The van der Waals surface area contributed by atoms with Crippen LogP contribution in [0, 0.1) is 6.92 Å². The summed E-state index contributed by atoms with van der Waals surface area (Å²) in [5.41, 5.74) is 0.420. The molecule has 2 aromatic heterocycles. The fraction of sp³-hybridized carbons (Fsp3) is 0.273. The molecule has 0 spiro atoms. The number of nitrogens with one attached hydrogen (secondary N) is 2. The van der Waals surface area contributed by atoms with E-state index in [4.69, 9.17) is 4.52 Å². The number of hydrogen-bond acceptors (Lipinski definition) is 6. The number of anilines is 3. The molecule has 0 bridgehead atoms. The Hall–Kier alpha value is -2.09. The maximum Gasteiger partial charge on any atom is 0.232 e. The van der Waals surface area contributed by atoms with Crippen LogP contribution in [0.4, 0.5) is 17.3 Å². The van der Waals surface area contributed by atoms with Gasteiger partial charge in [0, 0.05) is 6.07 Å². The first-order valence-electron chi connectivity index (χ1n) is 5.65. The molecular weight excluding hydrogens is 268 g/mol. The van der Waals surface area contributed by atoms with Crippen LogP contribution in [0.15, 0.2) is 28.9 Å². The number of rotatable bonds is 5. The van der Waals surface area contributed by atoms with Crippen molar-refractivity contribution in [1.82, 2.24) is 10.1 Å². The summed E-state index contributed by atoms with van der Waals surface area (Å²) in [6.45, 7) is 3.35. The first kappa shape index (κ1) is 13.3. The fourth-order valence-corrected chi connectivity index (χ4v) is 1.96. The molecule has 0 fully saturated rings. The summed E-state index contributed by atoms with van der Waals surface area (Å²) in [6.07, 6.45) is 1.43. The monoisotopic (exact) mass is 282 g/mol. The molecule has 102 valence electrons. The van der Waals surface area contributed by atoms with Crippen LogP contribution < -0.4 is 10.0 Å². The van der Waals surface area contributed by atoms with Gasteiger partial charge in [0.15, 0.2) is 5.82 Å². The highest BCUT2D eigenvalue weighted by Gasteiger charge is 2.07. The van der Waals surface area contributed by atoms with Crippen molar-refractivity contribution in [2.75, 3.05) is 15.8 Å². The molecule has 2 rings (SSSR count). The predicted octanol–water partition coefficient (Wildman–Crippen LogP) is 1.88. The van der Waals surface area contributed by atoms with Gasteiger partial charge in [-0.05, 0) is 26.0 Å². The zero-order valence-electron chi connectivity index (χ0n) is 10.5. The normalized spacial score (nSPS) is 11.3. The van der Waals surface area contributed by atoms with E-state index in [0.29, 0.717) is 23.1 Å². The highest BCUT2D eigenvalue weighted by atomic mass is 32.2.